The number of carbonyl (C=O) groups excluding carboxylic acids is 3. The van der Waals surface area contributed by atoms with Crippen LogP contribution in [-0.4, -0.2) is 75.3 Å². The summed E-state index contributed by atoms with van der Waals surface area (Å²) in [4.78, 5) is 58.4. The Morgan fingerprint density at radius 1 is 1.11 bits per heavy atom. The van der Waals surface area contributed by atoms with E-state index in [1.165, 1.54) is 24.2 Å². The normalized spacial score (nSPS) is 19.8. The van der Waals surface area contributed by atoms with Gasteiger partial charge in [0.15, 0.2) is 15.5 Å². The van der Waals surface area contributed by atoms with Gasteiger partial charge in [-0.1, -0.05) is 0 Å². The minimum absolute atomic E-state index is 0.0513. The molecule has 3 fully saturated rings. The summed E-state index contributed by atoms with van der Waals surface area (Å²) >= 11 is 0. The van der Waals surface area contributed by atoms with Crippen molar-refractivity contribution in [1.29, 1.82) is 0 Å². The standard InChI is InChI=1S/C30H31N9O5S/c1-16-6-7-31-27(34-16)20-9-21(20)29(41)36-22-10-25(33-12-24(22)45(3,43)44)32-11-19-14-38-13-18(17-4-5-17)8-23(28(38)35-19)39-15-26(40)37(2)30(39)42/h6-8,10,12-14,17,20-21H,4-5,9,11,15H2,1-3H3,(H2,32,33,36,41)/t20-,21-/m0/s1. The molecule has 4 amide bonds. The molecule has 0 bridgehead atoms. The molecule has 15 heteroatoms. The van der Waals surface area contributed by atoms with Crippen LogP contribution in [0, 0.1) is 12.8 Å². The van der Waals surface area contributed by atoms with E-state index >= 15 is 0 Å². The summed E-state index contributed by atoms with van der Waals surface area (Å²) in [5, 5.41) is 5.95. The first kappa shape index (κ1) is 28.8. The van der Waals surface area contributed by atoms with Crippen LogP contribution in [0.15, 0.2) is 47.9 Å². The summed E-state index contributed by atoms with van der Waals surface area (Å²) in [5.74, 6) is 0.260. The number of aryl methyl sites for hydroxylation is 1. The summed E-state index contributed by atoms with van der Waals surface area (Å²) in [5.41, 5.74) is 3.76. The quantitative estimate of drug-likeness (QED) is 0.262. The number of fused-ring (bicyclic) bond motifs is 1. The number of anilines is 3. The van der Waals surface area contributed by atoms with Crippen LogP contribution in [0.1, 0.15) is 53.9 Å². The van der Waals surface area contributed by atoms with E-state index in [0.717, 1.165) is 35.3 Å². The number of amides is 4. The number of aromatic nitrogens is 5. The Labute approximate surface area is 258 Å². The molecule has 2 N–H and O–H groups in total. The zero-order valence-corrected chi connectivity index (χ0v) is 25.7. The first-order valence-corrected chi connectivity index (χ1v) is 16.5. The van der Waals surface area contributed by atoms with Crippen molar-refractivity contribution < 1.29 is 22.8 Å². The van der Waals surface area contributed by atoms with Gasteiger partial charge >= 0.3 is 6.03 Å². The molecule has 45 heavy (non-hydrogen) atoms. The topological polar surface area (TPSA) is 172 Å². The SMILES string of the molecule is Cc1ccnc([C@H]2C[C@@H]2C(=O)Nc2cc(NCc3cn4cc(C5CC5)cc(N5CC(=O)N(C)C5=O)c4n3)ncc2S(C)(=O)=O)n1. The fourth-order valence-electron chi connectivity index (χ4n) is 5.62. The number of nitrogens with one attached hydrogen (secondary N) is 2. The minimum Gasteiger partial charge on any atom is -0.364 e. The summed E-state index contributed by atoms with van der Waals surface area (Å²) < 4.78 is 26.9. The molecule has 0 spiro atoms. The Morgan fingerprint density at radius 3 is 2.60 bits per heavy atom. The highest BCUT2D eigenvalue weighted by atomic mass is 32.2. The van der Waals surface area contributed by atoms with Crippen LogP contribution in [0.5, 0.6) is 0 Å². The second-order valence-electron chi connectivity index (χ2n) is 11.9. The Morgan fingerprint density at radius 2 is 1.91 bits per heavy atom. The number of likely N-dealkylation sites (N-methyl/N-ethyl adjacent to an activating group) is 1. The monoisotopic (exact) mass is 629 g/mol. The van der Waals surface area contributed by atoms with Gasteiger partial charge in [-0.2, -0.15) is 0 Å². The molecule has 2 aliphatic carbocycles. The lowest BCUT2D eigenvalue weighted by molar-refractivity contribution is -0.124. The van der Waals surface area contributed by atoms with Crippen molar-refractivity contribution in [3.8, 4) is 0 Å². The van der Waals surface area contributed by atoms with Crippen molar-refractivity contribution in [2.75, 3.05) is 35.4 Å². The van der Waals surface area contributed by atoms with Gasteiger partial charge in [0.05, 0.1) is 29.8 Å². The zero-order chi connectivity index (χ0) is 31.6. The van der Waals surface area contributed by atoms with Gasteiger partial charge in [0.2, 0.25) is 11.8 Å². The molecule has 3 aliphatic rings. The number of imide groups is 1. The van der Waals surface area contributed by atoms with E-state index < -0.39 is 15.9 Å². The number of urea groups is 1. The first-order valence-electron chi connectivity index (χ1n) is 14.6. The average molecular weight is 630 g/mol. The van der Waals surface area contributed by atoms with E-state index in [0.29, 0.717) is 41.0 Å². The van der Waals surface area contributed by atoms with Crippen LogP contribution in [0.25, 0.3) is 5.65 Å². The highest BCUT2D eigenvalue weighted by Crippen LogP contribution is 2.47. The number of pyridine rings is 2. The van der Waals surface area contributed by atoms with Crippen molar-refractivity contribution in [2.24, 2.45) is 5.92 Å². The van der Waals surface area contributed by atoms with Gasteiger partial charge in [-0.15, -0.1) is 0 Å². The lowest BCUT2D eigenvalue weighted by atomic mass is 10.1. The van der Waals surface area contributed by atoms with Gasteiger partial charge in [-0.05, 0) is 49.8 Å². The smallest absolute Gasteiger partial charge is 0.331 e. The predicted molar refractivity (Wildman–Crippen MR) is 164 cm³/mol. The van der Waals surface area contributed by atoms with Crippen molar-refractivity contribution in [3.05, 3.63) is 65.8 Å². The summed E-state index contributed by atoms with van der Waals surface area (Å²) in [6, 6.07) is 4.83. The lowest BCUT2D eigenvalue weighted by Crippen LogP contribution is -2.30. The molecule has 5 heterocycles. The van der Waals surface area contributed by atoms with E-state index in [-0.39, 0.29) is 47.3 Å². The highest BCUT2D eigenvalue weighted by Gasteiger charge is 2.46. The molecule has 7 rings (SSSR count). The lowest BCUT2D eigenvalue weighted by Gasteiger charge is -2.17. The molecule has 4 aromatic heterocycles. The zero-order valence-electron chi connectivity index (χ0n) is 24.9. The molecule has 0 aromatic carbocycles. The maximum absolute atomic E-state index is 13.1. The molecule has 232 valence electrons. The first-order chi connectivity index (χ1) is 21.5. The number of hydrogen-bond acceptors (Lipinski definition) is 10. The van der Waals surface area contributed by atoms with Crippen LogP contribution >= 0.6 is 0 Å². The molecule has 2 saturated carbocycles. The van der Waals surface area contributed by atoms with Gasteiger partial charge < -0.3 is 15.0 Å². The molecule has 1 saturated heterocycles. The number of sulfone groups is 1. The Kier molecular flexibility index (Phi) is 6.80. The fourth-order valence-corrected chi connectivity index (χ4v) is 6.37. The van der Waals surface area contributed by atoms with Gasteiger partial charge in [-0.25, -0.2) is 33.1 Å². The third kappa shape index (κ3) is 5.59. The summed E-state index contributed by atoms with van der Waals surface area (Å²) in [6.07, 6.45) is 10.5. The van der Waals surface area contributed by atoms with Crippen molar-refractivity contribution in [2.45, 2.75) is 49.5 Å². The van der Waals surface area contributed by atoms with Crippen LogP contribution in [0.3, 0.4) is 0 Å². The van der Waals surface area contributed by atoms with Gasteiger partial charge in [0.25, 0.3) is 0 Å². The summed E-state index contributed by atoms with van der Waals surface area (Å²) in [6.45, 7) is 2.03. The largest absolute Gasteiger partial charge is 0.364 e. The Hall–Kier alpha value is -4.92. The third-order valence-electron chi connectivity index (χ3n) is 8.38. The van der Waals surface area contributed by atoms with Gasteiger partial charge in [0, 0.05) is 55.5 Å². The number of nitrogens with zero attached hydrogens (tertiary/aromatic N) is 7. The van der Waals surface area contributed by atoms with Gasteiger partial charge in [-0.3, -0.25) is 19.4 Å². The van der Waals surface area contributed by atoms with Crippen molar-refractivity contribution in [3.63, 3.8) is 0 Å². The highest BCUT2D eigenvalue weighted by molar-refractivity contribution is 7.90. The fraction of sp³-hybridized carbons (Fsp3) is 0.367. The second kappa shape index (κ2) is 10.6. The minimum atomic E-state index is -3.69. The molecule has 2 atom stereocenters. The maximum atomic E-state index is 13.1. The van der Waals surface area contributed by atoms with Crippen LogP contribution in [-0.2, 0) is 26.0 Å². The molecular weight excluding hydrogens is 598 g/mol. The number of imidazole rings is 1. The number of hydrogen-bond donors (Lipinski definition) is 2. The van der Waals surface area contributed by atoms with Crippen molar-refractivity contribution in [1.82, 2.24) is 29.2 Å². The molecule has 1 aliphatic heterocycles. The van der Waals surface area contributed by atoms with Crippen LogP contribution in [0.4, 0.5) is 22.0 Å². The predicted octanol–water partition coefficient (Wildman–Crippen LogP) is 2.86. The van der Waals surface area contributed by atoms with E-state index in [9.17, 15) is 22.8 Å². The average Bonchev–Trinajstić information content (AvgIpc) is 3.92. The van der Waals surface area contributed by atoms with E-state index in [2.05, 4.69) is 25.6 Å². The van der Waals surface area contributed by atoms with Crippen molar-refractivity contribution >= 4 is 50.5 Å². The number of rotatable bonds is 9. The Bertz CT molecular complexity index is 2010. The van der Waals surface area contributed by atoms with Crippen LogP contribution < -0.4 is 15.5 Å². The molecular formula is C30H31N9O5S. The third-order valence-corrected chi connectivity index (χ3v) is 9.50. The van der Waals surface area contributed by atoms with Crippen LogP contribution in [0.2, 0.25) is 0 Å². The number of carbonyl (C=O) groups is 3. The maximum Gasteiger partial charge on any atom is 0.331 e. The molecule has 14 nitrogen and oxygen atoms in total. The van der Waals surface area contributed by atoms with Gasteiger partial charge in [0.1, 0.15) is 23.1 Å². The van der Waals surface area contributed by atoms with E-state index in [1.54, 1.807) is 12.3 Å². The molecule has 0 unspecified atom stereocenters. The van der Waals surface area contributed by atoms with E-state index in [1.807, 2.05) is 29.8 Å². The summed E-state index contributed by atoms with van der Waals surface area (Å²) in [7, 11) is -2.23. The second-order valence-corrected chi connectivity index (χ2v) is 13.9. The molecule has 0 radical (unpaired) electrons. The Balaban J connectivity index is 1.12. The molecule has 4 aromatic rings. The van der Waals surface area contributed by atoms with E-state index in [4.69, 9.17) is 4.98 Å².